The number of rotatable bonds is 7. The maximum Gasteiger partial charge on any atom is 0.199 e. The predicted molar refractivity (Wildman–Crippen MR) is 69.2 cm³/mol. The molecule has 0 aliphatic rings. The molecule has 3 N–H and O–H groups in total. The van der Waals surface area contributed by atoms with Gasteiger partial charge in [-0.3, -0.25) is 4.99 Å². The highest BCUT2D eigenvalue weighted by Crippen LogP contribution is 2.20. The number of aromatic amines is 1. The third-order valence-corrected chi connectivity index (χ3v) is 3.13. The first-order valence-electron chi connectivity index (χ1n) is 5.27. The summed E-state index contributed by atoms with van der Waals surface area (Å²) in [7, 11) is 0. The molecule has 0 amide bonds. The molecule has 0 unspecified atom stereocenters. The van der Waals surface area contributed by atoms with E-state index in [0.717, 1.165) is 43.6 Å². The van der Waals surface area contributed by atoms with E-state index in [4.69, 9.17) is 17.3 Å². The Morgan fingerprint density at radius 2 is 2.06 bits per heavy atom. The molecule has 0 aliphatic carbocycles. The summed E-state index contributed by atoms with van der Waals surface area (Å²) in [5.74, 6) is 0. The second-order valence-corrected chi connectivity index (χ2v) is 5.07. The van der Waals surface area contributed by atoms with Crippen molar-refractivity contribution in [2.75, 3.05) is 13.2 Å². The van der Waals surface area contributed by atoms with Gasteiger partial charge in [-0.2, -0.15) is 0 Å². The van der Waals surface area contributed by atoms with E-state index in [-0.39, 0.29) is 11.7 Å². The van der Waals surface area contributed by atoms with E-state index >= 15 is 0 Å². The molecule has 1 aromatic rings. The summed E-state index contributed by atoms with van der Waals surface area (Å²) in [5, 5.41) is 18.2. The average molecular weight is 260 g/mol. The lowest BCUT2D eigenvalue weighted by atomic mass is 10.2. The number of thiazole rings is 1. The molecule has 6 heteroatoms. The maximum atomic E-state index is 9.41. The second-order valence-electron chi connectivity index (χ2n) is 3.41. The fraction of sp³-hybridized carbons (Fsp3) is 0.600. The Morgan fingerprint density at radius 3 is 2.69 bits per heavy atom. The van der Waals surface area contributed by atoms with E-state index < -0.39 is 0 Å². The number of aliphatic imine (C=N–C) groups is 1. The number of unbranched alkanes of at least 4 members (excludes halogenated alkanes) is 3. The number of aliphatic hydroxyl groups is 1. The van der Waals surface area contributed by atoms with Gasteiger partial charge in [0.2, 0.25) is 0 Å². The molecule has 0 saturated carbocycles. The highest BCUT2D eigenvalue weighted by atomic mass is 32.1. The molecular weight excluding hydrogens is 244 g/mol. The van der Waals surface area contributed by atoms with E-state index in [1.54, 1.807) is 6.21 Å². The number of aromatic hydroxyl groups is 1. The smallest absolute Gasteiger partial charge is 0.199 e. The van der Waals surface area contributed by atoms with Gasteiger partial charge in [0.15, 0.2) is 9.02 Å². The average Bonchev–Trinajstić information content (AvgIpc) is 2.56. The first-order valence-corrected chi connectivity index (χ1v) is 6.49. The lowest BCUT2D eigenvalue weighted by molar-refractivity contribution is 0.282. The van der Waals surface area contributed by atoms with Crippen LogP contribution in [0.1, 0.15) is 31.4 Å². The van der Waals surface area contributed by atoms with E-state index in [0.29, 0.717) is 9.65 Å². The van der Waals surface area contributed by atoms with Gasteiger partial charge in [-0.15, -0.1) is 0 Å². The van der Waals surface area contributed by atoms with Gasteiger partial charge < -0.3 is 15.2 Å². The Bertz CT molecular complexity index is 384. The van der Waals surface area contributed by atoms with Gasteiger partial charge in [-0.25, -0.2) is 0 Å². The summed E-state index contributed by atoms with van der Waals surface area (Å²) in [5.41, 5.74) is 0.588. The monoisotopic (exact) mass is 260 g/mol. The zero-order valence-electron chi connectivity index (χ0n) is 8.98. The van der Waals surface area contributed by atoms with Crippen molar-refractivity contribution in [2.24, 2.45) is 4.99 Å². The van der Waals surface area contributed by atoms with E-state index in [2.05, 4.69) is 9.98 Å². The zero-order valence-corrected chi connectivity index (χ0v) is 10.6. The molecule has 1 aromatic heterocycles. The molecule has 0 aromatic carbocycles. The molecular formula is C10H16N2O2S2. The van der Waals surface area contributed by atoms with Crippen LogP contribution in [0.5, 0.6) is 5.06 Å². The Kier molecular flexibility index (Phi) is 6.29. The normalized spacial score (nSPS) is 11.3. The SMILES string of the molecule is OCCCCCCN=Cc1[nH]c(=S)sc1O. The predicted octanol–water partition coefficient (Wildman–Crippen LogP) is 2.48. The summed E-state index contributed by atoms with van der Waals surface area (Å²) in [6, 6.07) is 0. The minimum absolute atomic E-state index is 0.189. The van der Waals surface area contributed by atoms with Crippen LogP contribution in [0.25, 0.3) is 0 Å². The fourth-order valence-electron chi connectivity index (χ4n) is 1.24. The Balaban J connectivity index is 2.22. The summed E-state index contributed by atoms with van der Waals surface area (Å²) in [6.45, 7) is 1.00. The number of aliphatic hydroxyl groups excluding tert-OH is 1. The number of aromatic nitrogens is 1. The van der Waals surface area contributed by atoms with Gasteiger partial charge in [0.05, 0.1) is 0 Å². The molecule has 0 saturated heterocycles. The maximum absolute atomic E-state index is 9.41. The van der Waals surface area contributed by atoms with Crippen LogP contribution in [0.2, 0.25) is 0 Å². The van der Waals surface area contributed by atoms with Crippen molar-refractivity contribution in [3.05, 3.63) is 9.65 Å². The highest BCUT2D eigenvalue weighted by Gasteiger charge is 2.00. The second kappa shape index (κ2) is 7.54. The van der Waals surface area contributed by atoms with Gasteiger partial charge in [0.1, 0.15) is 5.69 Å². The number of hydrogen-bond donors (Lipinski definition) is 3. The molecule has 0 bridgehead atoms. The van der Waals surface area contributed by atoms with Crippen LogP contribution in [0, 0.1) is 3.95 Å². The van der Waals surface area contributed by atoms with Crippen LogP contribution in [-0.2, 0) is 0 Å². The lowest BCUT2D eigenvalue weighted by Gasteiger charge is -1.95. The molecule has 0 radical (unpaired) electrons. The molecule has 0 fully saturated rings. The van der Waals surface area contributed by atoms with Crippen molar-refractivity contribution in [1.82, 2.24) is 4.98 Å². The standard InChI is InChI=1S/C10H16N2O2S2/c13-6-4-2-1-3-5-11-7-8-9(14)16-10(15)12-8/h7,13-14H,1-6H2,(H,12,15). The molecule has 16 heavy (non-hydrogen) atoms. The summed E-state index contributed by atoms with van der Waals surface area (Å²) >= 11 is 6.03. The summed E-state index contributed by atoms with van der Waals surface area (Å²) in [6.07, 6.45) is 5.60. The lowest BCUT2D eigenvalue weighted by Crippen LogP contribution is -1.88. The van der Waals surface area contributed by atoms with E-state index in [1.807, 2.05) is 0 Å². The third-order valence-electron chi connectivity index (χ3n) is 2.07. The minimum Gasteiger partial charge on any atom is -0.498 e. The van der Waals surface area contributed by atoms with Crippen molar-refractivity contribution in [3.63, 3.8) is 0 Å². The fourth-order valence-corrected chi connectivity index (χ4v) is 2.14. The van der Waals surface area contributed by atoms with Gasteiger partial charge in [0.25, 0.3) is 0 Å². The van der Waals surface area contributed by atoms with Gasteiger partial charge in [0, 0.05) is 19.4 Å². The van der Waals surface area contributed by atoms with Gasteiger partial charge in [-0.05, 0) is 25.1 Å². The van der Waals surface area contributed by atoms with Crippen LogP contribution >= 0.6 is 23.6 Å². The molecule has 1 heterocycles. The largest absolute Gasteiger partial charge is 0.498 e. The van der Waals surface area contributed by atoms with Gasteiger partial charge >= 0.3 is 0 Å². The third kappa shape index (κ3) is 4.87. The molecule has 4 nitrogen and oxygen atoms in total. The first-order chi connectivity index (χ1) is 7.74. The van der Waals surface area contributed by atoms with Crippen LogP contribution in [-0.4, -0.2) is 34.6 Å². The molecule has 0 atom stereocenters. The van der Waals surface area contributed by atoms with Crippen LogP contribution in [0.4, 0.5) is 0 Å². The number of nitrogens with one attached hydrogen (secondary N) is 1. The van der Waals surface area contributed by atoms with Crippen molar-refractivity contribution < 1.29 is 10.2 Å². The molecule has 1 rings (SSSR count). The van der Waals surface area contributed by atoms with Crippen molar-refractivity contribution in [2.45, 2.75) is 25.7 Å². The van der Waals surface area contributed by atoms with Gasteiger partial charge in [-0.1, -0.05) is 24.2 Å². The first kappa shape index (κ1) is 13.3. The topological polar surface area (TPSA) is 68.6 Å². The summed E-state index contributed by atoms with van der Waals surface area (Å²) in [4.78, 5) is 7.05. The van der Waals surface area contributed by atoms with Crippen molar-refractivity contribution >= 4 is 29.8 Å². The van der Waals surface area contributed by atoms with E-state index in [1.165, 1.54) is 0 Å². The molecule has 0 spiro atoms. The summed E-state index contributed by atoms with van der Waals surface area (Å²) < 4.78 is 0.557. The zero-order chi connectivity index (χ0) is 11.8. The molecule has 0 aliphatic heterocycles. The quantitative estimate of drug-likeness (QED) is 0.401. The number of H-pyrrole nitrogens is 1. The Hall–Kier alpha value is -0.720. The van der Waals surface area contributed by atoms with Crippen LogP contribution < -0.4 is 0 Å². The van der Waals surface area contributed by atoms with Crippen molar-refractivity contribution in [1.29, 1.82) is 0 Å². The minimum atomic E-state index is 0.189. The molecule has 90 valence electrons. The van der Waals surface area contributed by atoms with Crippen molar-refractivity contribution in [3.8, 4) is 5.06 Å². The van der Waals surface area contributed by atoms with Crippen LogP contribution in [0.15, 0.2) is 4.99 Å². The Labute approximate surface area is 104 Å². The Morgan fingerprint density at radius 1 is 1.31 bits per heavy atom. The number of nitrogens with zero attached hydrogens (tertiary/aromatic N) is 1. The number of hydrogen-bond acceptors (Lipinski definition) is 5. The van der Waals surface area contributed by atoms with Crippen LogP contribution in [0.3, 0.4) is 0 Å². The highest BCUT2D eigenvalue weighted by molar-refractivity contribution is 7.73. The van der Waals surface area contributed by atoms with E-state index in [9.17, 15) is 5.11 Å².